The molecule has 4 aromatic rings. The first-order chi connectivity index (χ1) is 14.5. The number of rotatable bonds is 5. The lowest BCUT2D eigenvalue weighted by Gasteiger charge is -2.17. The summed E-state index contributed by atoms with van der Waals surface area (Å²) in [6.45, 7) is 3.69. The van der Waals surface area contributed by atoms with Crippen LogP contribution in [0.25, 0.3) is 17.0 Å². The number of nitrogens with zero attached hydrogens (tertiary/aromatic N) is 4. The van der Waals surface area contributed by atoms with Crippen molar-refractivity contribution >= 4 is 11.6 Å². The molecule has 152 valence electrons. The second kappa shape index (κ2) is 7.98. The van der Waals surface area contributed by atoms with Gasteiger partial charge >= 0.3 is 0 Å². The maximum absolute atomic E-state index is 14.2. The number of hydrogen-bond donors (Lipinski definition) is 1. The van der Waals surface area contributed by atoms with Gasteiger partial charge in [-0.1, -0.05) is 19.1 Å². The summed E-state index contributed by atoms with van der Waals surface area (Å²) in [4.78, 5) is 26.1. The molecule has 1 unspecified atom stereocenters. The molecular formula is C22H19F2N5O. The first-order valence-corrected chi connectivity index (χ1v) is 9.50. The number of imidazole rings is 1. The summed E-state index contributed by atoms with van der Waals surface area (Å²) in [7, 11) is 0. The maximum Gasteiger partial charge on any atom is 0.274 e. The molecule has 1 atom stereocenters. The van der Waals surface area contributed by atoms with E-state index in [2.05, 4.69) is 20.3 Å². The van der Waals surface area contributed by atoms with Crippen molar-refractivity contribution in [2.45, 2.75) is 26.3 Å². The van der Waals surface area contributed by atoms with E-state index in [1.807, 2.05) is 31.2 Å². The van der Waals surface area contributed by atoms with Gasteiger partial charge in [0.25, 0.3) is 5.91 Å². The SMILES string of the molecule is CCC(NC(=O)c1ncn2c(C)cc(-c3ccccn3)nc12)c1ccc(F)cc1F. The fourth-order valence-corrected chi connectivity index (χ4v) is 3.34. The molecule has 3 aromatic heterocycles. The average molecular weight is 407 g/mol. The van der Waals surface area contributed by atoms with E-state index in [0.29, 0.717) is 23.5 Å². The van der Waals surface area contributed by atoms with Crippen molar-refractivity contribution in [2.75, 3.05) is 0 Å². The Morgan fingerprint density at radius 3 is 2.67 bits per heavy atom. The number of halogens is 2. The van der Waals surface area contributed by atoms with Gasteiger partial charge in [-0.05, 0) is 37.6 Å². The summed E-state index contributed by atoms with van der Waals surface area (Å²) in [6.07, 6.45) is 3.61. The van der Waals surface area contributed by atoms with Crippen LogP contribution in [-0.4, -0.2) is 25.3 Å². The Kier molecular flexibility index (Phi) is 5.22. The molecule has 1 amide bonds. The van der Waals surface area contributed by atoms with Crippen LogP contribution >= 0.6 is 0 Å². The largest absolute Gasteiger partial charge is 0.344 e. The van der Waals surface area contributed by atoms with Gasteiger partial charge in [0.15, 0.2) is 11.3 Å². The van der Waals surface area contributed by atoms with E-state index in [1.165, 1.54) is 18.5 Å². The Hall–Kier alpha value is -3.68. The van der Waals surface area contributed by atoms with Crippen LogP contribution in [0.4, 0.5) is 8.78 Å². The van der Waals surface area contributed by atoms with Gasteiger partial charge in [-0.3, -0.25) is 14.2 Å². The maximum atomic E-state index is 14.2. The van der Waals surface area contributed by atoms with Gasteiger partial charge in [-0.25, -0.2) is 18.7 Å². The number of aryl methyl sites for hydroxylation is 1. The summed E-state index contributed by atoms with van der Waals surface area (Å²) in [5.74, 6) is -1.86. The van der Waals surface area contributed by atoms with Crippen LogP contribution in [0.15, 0.2) is 55.0 Å². The predicted molar refractivity (Wildman–Crippen MR) is 108 cm³/mol. The molecule has 0 aliphatic carbocycles. The minimum absolute atomic E-state index is 0.122. The summed E-state index contributed by atoms with van der Waals surface area (Å²) >= 11 is 0. The van der Waals surface area contributed by atoms with Gasteiger partial charge in [-0.2, -0.15) is 0 Å². The highest BCUT2D eigenvalue weighted by Gasteiger charge is 2.22. The van der Waals surface area contributed by atoms with E-state index in [-0.39, 0.29) is 11.3 Å². The molecule has 0 bridgehead atoms. The number of pyridine rings is 1. The van der Waals surface area contributed by atoms with Crippen molar-refractivity contribution in [2.24, 2.45) is 0 Å². The Morgan fingerprint density at radius 1 is 1.13 bits per heavy atom. The first kappa shape index (κ1) is 19.6. The molecule has 0 radical (unpaired) electrons. The van der Waals surface area contributed by atoms with Gasteiger partial charge in [0.05, 0.1) is 17.4 Å². The van der Waals surface area contributed by atoms with Crippen LogP contribution in [0.2, 0.25) is 0 Å². The number of carbonyl (C=O) groups is 1. The third-order valence-corrected chi connectivity index (χ3v) is 4.89. The zero-order chi connectivity index (χ0) is 21.3. The van der Waals surface area contributed by atoms with Gasteiger partial charge in [0.1, 0.15) is 18.0 Å². The van der Waals surface area contributed by atoms with Crippen LogP contribution < -0.4 is 5.32 Å². The minimum Gasteiger partial charge on any atom is -0.344 e. The second-order valence-electron chi connectivity index (χ2n) is 6.88. The Bertz CT molecular complexity index is 1220. The van der Waals surface area contributed by atoms with Crippen molar-refractivity contribution in [3.05, 3.63) is 83.6 Å². The molecule has 3 heterocycles. The third-order valence-electron chi connectivity index (χ3n) is 4.89. The van der Waals surface area contributed by atoms with Gasteiger partial charge in [0, 0.05) is 23.5 Å². The minimum atomic E-state index is -0.705. The molecule has 8 heteroatoms. The van der Waals surface area contributed by atoms with Crippen LogP contribution in [-0.2, 0) is 0 Å². The molecule has 0 saturated carbocycles. The zero-order valence-corrected chi connectivity index (χ0v) is 16.4. The standard InChI is InChI=1S/C22H19F2N5O/c1-3-17(15-8-7-14(23)11-16(15)24)28-22(30)20-21-27-19(18-6-4-5-9-25-18)10-13(2)29(21)12-26-20/h4-12,17H,3H2,1-2H3,(H,28,30). The van der Waals surface area contributed by atoms with Crippen molar-refractivity contribution in [3.8, 4) is 11.4 Å². The summed E-state index contributed by atoms with van der Waals surface area (Å²) in [5.41, 5.74) is 2.85. The number of hydrogen-bond acceptors (Lipinski definition) is 4. The topological polar surface area (TPSA) is 72.2 Å². The fraction of sp³-hybridized carbons (Fsp3) is 0.182. The average Bonchev–Trinajstić information content (AvgIpc) is 3.18. The quantitative estimate of drug-likeness (QED) is 0.537. The van der Waals surface area contributed by atoms with E-state index < -0.39 is 23.6 Å². The van der Waals surface area contributed by atoms with Crippen molar-refractivity contribution in [3.63, 3.8) is 0 Å². The number of aromatic nitrogens is 4. The molecule has 0 aliphatic rings. The van der Waals surface area contributed by atoms with Crippen LogP contribution in [0.5, 0.6) is 0 Å². The molecule has 0 spiro atoms. The predicted octanol–water partition coefficient (Wildman–Crippen LogP) is 4.26. The lowest BCUT2D eigenvalue weighted by Crippen LogP contribution is -2.29. The van der Waals surface area contributed by atoms with Crippen LogP contribution in [0, 0.1) is 18.6 Å². The number of carbonyl (C=O) groups excluding carboxylic acids is 1. The molecular weight excluding hydrogens is 388 g/mol. The van der Waals surface area contributed by atoms with E-state index >= 15 is 0 Å². The van der Waals surface area contributed by atoms with Gasteiger partial charge < -0.3 is 5.32 Å². The summed E-state index contributed by atoms with van der Waals surface area (Å²) < 4.78 is 29.1. The van der Waals surface area contributed by atoms with E-state index in [9.17, 15) is 13.6 Å². The number of amides is 1. The molecule has 6 nitrogen and oxygen atoms in total. The highest BCUT2D eigenvalue weighted by atomic mass is 19.1. The molecule has 30 heavy (non-hydrogen) atoms. The second-order valence-corrected chi connectivity index (χ2v) is 6.88. The van der Waals surface area contributed by atoms with Crippen LogP contribution in [0.3, 0.4) is 0 Å². The monoisotopic (exact) mass is 407 g/mol. The number of fused-ring (bicyclic) bond motifs is 1. The third kappa shape index (κ3) is 3.63. The van der Waals surface area contributed by atoms with E-state index in [1.54, 1.807) is 17.5 Å². The van der Waals surface area contributed by atoms with E-state index in [0.717, 1.165) is 11.8 Å². The molecule has 1 N–H and O–H groups in total. The van der Waals surface area contributed by atoms with Crippen molar-refractivity contribution in [1.29, 1.82) is 0 Å². The lowest BCUT2D eigenvalue weighted by atomic mass is 10.0. The number of benzene rings is 1. The molecule has 0 fully saturated rings. The Labute approximate surface area is 171 Å². The Morgan fingerprint density at radius 2 is 1.97 bits per heavy atom. The molecule has 0 aliphatic heterocycles. The van der Waals surface area contributed by atoms with Gasteiger partial charge in [-0.15, -0.1) is 0 Å². The van der Waals surface area contributed by atoms with Crippen molar-refractivity contribution in [1.82, 2.24) is 24.7 Å². The van der Waals surface area contributed by atoms with Crippen molar-refractivity contribution < 1.29 is 13.6 Å². The van der Waals surface area contributed by atoms with Gasteiger partial charge in [0.2, 0.25) is 0 Å². The normalized spacial score (nSPS) is 12.1. The smallest absolute Gasteiger partial charge is 0.274 e. The fourth-order valence-electron chi connectivity index (χ4n) is 3.34. The lowest BCUT2D eigenvalue weighted by molar-refractivity contribution is 0.0932. The summed E-state index contributed by atoms with van der Waals surface area (Å²) in [6, 6.07) is 10.0. The molecule has 1 aromatic carbocycles. The van der Waals surface area contributed by atoms with Crippen LogP contribution in [0.1, 0.15) is 41.1 Å². The number of nitrogens with one attached hydrogen (secondary N) is 1. The highest BCUT2D eigenvalue weighted by molar-refractivity contribution is 5.98. The zero-order valence-electron chi connectivity index (χ0n) is 16.4. The highest BCUT2D eigenvalue weighted by Crippen LogP contribution is 2.23. The summed E-state index contributed by atoms with van der Waals surface area (Å²) in [5, 5.41) is 2.78. The van der Waals surface area contributed by atoms with E-state index in [4.69, 9.17) is 0 Å². The molecule has 4 rings (SSSR count). The molecule has 0 saturated heterocycles. The Balaban J connectivity index is 1.70. The first-order valence-electron chi connectivity index (χ1n) is 9.50.